The second-order valence-electron chi connectivity index (χ2n) is 4.00. The maximum Gasteiger partial charge on any atom is 0.265 e. The Bertz CT molecular complexity index is 595. The molecule has 4 N–H and O–H groups in total. The minimum atomic E-state index is -4.18. The van der Waals surface area contributed by atoms with Gasteiger partial charge in [0.25, 0.3) is 6.43 Å². The fourth-order valence-electron chi connectivity index (χ4n) is 1.47. The van der Waals surface area contributed by atoms with Crippen LogP contribution in [0.1, 0.15) is 0 Å². The van der Waals surface area contributed by atoms with E-state index in [0.717, 1.165) is 6.07 Å². The minimum absolute atomic E-state index is 0.0353. The van der Waals surface area contributed by atoms with Crippen LogP contribution < -0.4 is 19.9 Å². The molecule has 0 aliphatic rings. The Labute approximate surface area is 120 Å². The molecule has 10 heteroatoms. The lowest BCUT2D eigenvalue weighted by atomic mass is 10.3. The number of aliphatic hydroxyl groups excluding tert-OH is 1. The van der Waals surface area contributed by atoms with Gasteiger partial charge in [-0.15, -0.1) is 0 Å². The summed E-state index contributed by atoms with van der Waals surface area (Å²) in [5.41, 5.74) is 5.65. The molecule has 0 bridgehead atoms. The van der Waals surface area contributed by atoms with E-state index in [0.29, 0.717) is 0 Å². The number of alkyl halides is 2. The van der Waals surface area contributed by atoms with Gasteiger partial charge in [0.2, 0.25) is 10.0 Å². The van der Waals surface area contributed by atoms with Crippen LogP contribution in [0.4, 0.5) is 14.5 Å². The third-order valence-corrected chi connectivity index (χ3v) is 4.02. The number of nitrogen functional groups attached to an aromatic ring is 1. The molecule has 1 aromatic carbocycles. The van der Waals surface area contributed by atoms with Crippen molar-refractivity contribution < 1.29 is 31.8 Å². The van der Waals surface area contributed by atoms with Gasteiger partial charge in [0.1, 0.15) is 22.5 Å². The molecule has 120 valence electrons. The number of ether oxygens (including phenoxy) is 2. The van der Waals surface area contributed by atoms with Crippen molar-refractivity contribution in [3.8, 4) is 11.5 Å². The summed E-state index contributed by atoms with van der Waals surface area (Å²) >= 11 is 0. The number of aliphatic hydroxyl groups is 1. The monoisotopic (exact) mass is 326 g/mol. The molecule has 1 rings (SSSR count). The van der Waals surface area contributed by atoms with Gasteiger partial charge in [-0.2, -0.15) is 0 Å². The second kappa shape index (κ2) is 6.87. The number of sulfonamides is 1. The summed E-state index contributed by atoms with van der Waals surface area (Å²) in [7, 11) is -1.61. The molecule has 0 amide bonds. The Balaban J connectivity index is 3.10. The van der Waals surface area contributed by atoms with E-state index >= 15 is 0 Å². The highest BCUT2D eigenvalue weighted by Gasteiger charge is 2.25. The average Bonchev–Trinajstić information content (AvgIpc) is 2.44. The summed E-state index contributed by atoms with van der Waals surface area (Å²) in [5, 5.41) is 8.95. The van der Waals surface area contributed by atoms with Crippen LogP contribution in [-0.4, -0.2) is 46.8 Å². The van der Waals surface area contributed by atoms with Crippen LogP contribution in [0.2, 0.25) is 0 Å². The molecule has 1 aromatic rings. The summed E-state index contributed by atoms with van der Waals surface area (Å²) in [5.74, 6) is 0.138. The number of rotatable bonds is 7. The molecule has 21 heavy (non-hydrogen) atoms. The zero-order valence-electron chi connectivity index (χ0n) is 11.3. The Morgan fingerprint density at radius 2 is 1.86 bits per heavy atom. The molecular weight excluding hydrogens is 310 g/mol. The van der Waals surface area contributed by atoms with Crippen LogP contribution in [0.3, 0.4) is 0 Å². The van der Waals surface area contributed by atoms with Crippen LogP contribution in [0.15, 0.2) is 17.0 Å². The SMILES string of the molecule is COc1cc(OC)c(S(=O)(=O)NCC(O)C(F)F)cc1N. The number of benzene rings is 1. The van der Waals surface area contributed by atoms with E-state index in [9.17, 15) is 17.2 Å². The molecule has 0 spiro atoms. The van der Waals surface area contributed by atoms with Gasteiger partial charge < -0.3 is 20.3 Å². The number of nitrogens with two attached hydrogens (primary N) is 1. The van der Waals surface area contributed by atoms with Gasteiger partial charge >= 0.3 is 0 Å². The van der Waals surface area contributed by atoms with E-state index in [-0.39, 0.29) is 22.1 Å². The molecular formula is C11H16F2N2O5S. The van der Waals surface area contributed by atoms with Crippen molar-refractivity contribution in [1.82, 2.24) is 4.72 Å². The minimum Gasteiger partial charge on any atom is -0.495 e. The van der Waals surface area contributed by atoms with Gasteiger partial charge in [-0.3, -0.25) is 0 Å². The van der Waals surface area contributed by atoms with E-state index in [2.05, 4.69) is 0 Å². The largest absolute Gasteiger partial charge is 0.495 e. The lowest BCUT2D eigenvalue weighted by molar-refractivity contribution is -0.000454. The quantitative estimate of drug-likeness (QED) is 0.617. The lowest BCUT2D eigenvalue weighted by Gasteiger charge is -2.15. The lowest BCUT2D eigenvalue weighted by Crippen LogP contribution is -2.36. The van der Waals surface area contributed by atoms with E-state index in [1.54, 1.807) is 0 Å². The van der Waals surface area contributed by atoms with Gasteiger partial charge in [0, 0.05) is 12.6 Å². The van der Waals surface area contributed by atoms with Crippen LogP contribution in [0.5, 0.6) is 11.5 Å². The Morgan fingerprint density at radius 1 is 1.29 bits per heavy atom. The topological polar surface area (TPSA) is 111 Å². The first-order chi connectivity index (χ1) is 9.72. The smallest absolute Gasteiger partial charge is 0.265 e. The molecule has 0 fully saturated rings. The van der Waals surface area contributed by atoms with Crippen molar-refractivity contribution in [2.75, 3.05) is 26.5 Å². The highest BCUT2D eigenvalue weighted by molar-refractivity contribution is 7.89. The number of methoxy groups -OCH3 is 2. The second-order valence-corrected chi connectivity index (χ2v) is 5.73. The molecule has 0 aliphatic carbocycles. The molecule has 0 radical (unpaired) electrons. The average molecular weight is 326 g/mol. The van der Waals surface area contributed by atoms with Crippen molar-refractivity contribution in [3.05, 3.63) is 12.1 Å². The van der Waals surface area contributed by atoms with E-state index < -0.39 is 29.1 Å². The van der Waals surface area contributed by atoms with Crippen LogP contribution >= 0.6 is 0 Å². The van der Waals surface area contributed by atoms with E-state index in [4.69, 9.17) is 20.3 Å². The summed E-state index contributed by atoms with van der Waals surface area (Å²) in [6, 6.07) is 2.34. The van der Waals surface area contributed by atoms with Gasteiger partial charge in [-0.25, -0.2) is 21.9 Å². The highest BCUT2D eigenvalue weighted by atomic mass is 32.2. The van der Waals surface area contributed by atoms with Crippen molar-refractivity contribution in [2.24, 2.45) is 0 Å². The van der Waals surface area contributed by atoms with Crippen molar-refractivity contribution in [2.45, 2.75) is 17.4 Å². The predicted molar refractivity (Wildman–Crippen MR) is 71.2 cm³/mol. The van der Waals surface area contributed by atoms with Gasteiger partial charge in [0.05, 0.1) is 19.9 Å². The molecule has 1 unspecified atom stereocenters. The maximum atomic E-state index is 12.2. The van der Waals surface area contributed by atoms with Gasteiger partial charge in [-0.05, 0) is 6.07 Å². The van der Waals surface area contributed by atoms with Crippen molar-refractivity contribution in [1.29, 1.82) is 0 Å². The first-order valence-corrected chi connectivity index (χ1v) is 7.18. The molecule has 1 atom stereocenters. The maximum absolute atomic E-state index is 12.2. The van der Waals surface area contributed by atoms with E-state index in [1.807, 2.05) is 4.72 Å². The van der Waals surface area contributed by atoms with Crippen LogP contribution in [-0.2, 0) is 10.0 Å². The van der Waals surface area contributed by atoms with Gasteiger partial charge in [-0.1, -0.05) is 0 Å². The number of halogens is 2. The number of anilines is 1. The molecule has 0 saturated heterocycles. The van der Waals surface area contributed by atoms with Crippen molar-refractivity contribution >= 4 is 15.7 Å². The third kappa shape index (κ3) is 4.16. The number of hydrogen-bond donors (Lipinski definition) is 3. The van der Waals surface area contributed by atoms with Crippen molar-refractivity contribution in [3.63, 3.8) is 0 Å². The molecule has 0 heterocycles. The van der Waals surface area contributed by atoms with Crippen LogP contribution in [0.25, 0.3) is 0 Å². The Hall–Kier alpha value is -1.65. The normalized spacial score (nSPS) is 13.2. The fraction of sp³-hybridized carbons (Fsp3) is 0.455. The molecule has 0 saturated carbocycles. The molecule has 7 nitrogen and oxygen atoms in total. The number of nitrogens with one attached hydrogen (secondary N) is 1. The first kappa shape index (κ1) is 17.4. The predicted octanol–water partition coefficient (Wildman–Crippen LogP) is 0.190. The summed E-state index contributed by atoms with van der Waals surface area (Å²) in [6.07, 6.45) is -5.17. The summed E-state index contributed by atoms with van der Waals surface area (Å²) in [6.45, 7) is -0.838. The Kier molecular flexibility index (Phi) is 5.70. The summed E-state index contributed by atoms with van der Waals surface area (Å²) in [4.78, 5) is -0.343. The fourth-order valence-corrected chi connectivity index (χ4v) is 2.70. The zero-order chi connectivity index (χ0) is 16.2. The van der Waals surface area contributed by atoms with E-state index in [1.165, 1.54) is 20.3 Å². The third-order valence-electron chi connectivity index (χ3n) is 2.58. The first-order valence-electron chi connectivity index (χ1n) is 5.70. The van der Waals surface area contributed by atoms with Crippen LogP contribution in [0, 0.1) is 0 Å². The summed E-state index contributed by atoms with van der Waals surface area (Å²) < 4.78 is 60.1. The highest BCUT2D eigenvalue weighted by Crippen LogP contribution is 2.33. The zero-order valence-corrected chi connectivity index (χ0v) is 12.2. The number of hydrogen-bond acceptors (Lipinski definition) is 6. The molecule has 0 aromatic heterocycles. The Morgan fingerprint density at radius 3 is 2.33 bits per heavy atom. The molecule has 0 aliphatic heterocycles. The standard InChI is InChI=1S/C11H16F2N2O5S/c1-19-8-4-9(20-2)10(3-6(8)14)21(17,18)15-5-7(16)11(12)13/h3-4,7,11,15-16H,5,14H2,1-2H3. The van der Waals surface area contributed by atoms with Gasteiger partial charge in [0.15, 0.2) is 0 Å².